The highest BCUT2D eigenvalue weighted by Gasteiger charge is 2.31. The molecule has 0 spiro atoms. The zero-order valence-electron chi connectivity index (χ0n) is 20.2. The fourth-order valence-corrected chi connectivity index (χ4v) is 5.73. The number of aromatic amines is 1. The smallest absolute Gasteiger partial charge is 0.213 e. The lowest BCUT2D eigenvalue weighted by Gasteiger charge is -2.18. The maximum absolute atomic E-state index is 12.2. The van der Waals surface area contributed by atoms with E-state index in [9.17, 15) is 8.42 Å². The fourth-order valence-electron chi connectivity index (χ4n) is 4.57. The van der Waals surface area contributed by atoms with Crippen LogP contribution >= 0.6 is 0 Å². The van der Waals surface area contributed by atoms with E-state index in [0.29, 0.717) is 18.9 Å². The summed E-state index contributed by atoms with van der Waals surface area (Å²) >= 11 is 0. The van der Waals surface area contributed by atoms with Crippen molar-refractivity contribution in [1.29, 1.82) is 0 Å². The maximum atomic E-state index is 12.2. The van der Waals surface area contributed by atoms with Crippen molar-refractivity contribution in [2.45, 2.75) is 40.2 Å². The Balaban J connectivity index is 1.63. The van der Waals surface area contributed by atoms with Gasteiger partial charge in [-0.2, -0.15) is 4.31 Å². The highest BCUT2D eigenvalue weighted by molar-refractivity contribution is 7.89. The second kappa shape index (κ2) is 9.60. The molecule has 1 fully saturated rings. The number of allylic oxidation sites excluding steroid dienone is 1. The minimum Gasteiger partial charge on any atom is -0.379 e. The monoisotopic (exact) mass is 480 g/mol. The molecule has 0 bridgehead atoms. The van der Waals surface area contributed by atoms with Gasteiger partial charge in [0.05, 0.1) is 11.4 Å². The first-order chi connectivity index (χ1) is 16.3. The molecule has 0 saturated carbocycles. The number of rotatable bonds is 8. The zero-order valence-corrected chi connectivity index (χ0v) is 21.0. The van der Waals surface area contributed by atoms with E-state index in [1.165, 1.54) is 0 Å². The highest BCUT2D eigenvalue weighted by Crippen LogP contribution is 2.32. The average Bonchev–Trinajstić information content (AvgIpc) is 3.55. The molecule has 4 rings (SSSR count). The number of H-pyrrole nitrogens is 1. The van der Waals surface area contributed by atoms with Gasteiger partial charge in [0.15, 0.2) is 5.82 Å². The molecule has 2 aromatic heterocycles. The van der Waals surface area contributed by atoms with Crippen molar-refractivity contribution < 1.29 is 8.42 Å². The van der Waals surface area contributed by atoms with Crippen molar-refractivity contribution in [3.05, 3.63) is 59.6 Å². The lowest BCUT2D eigenvalue weighted by Crippen LogP contribution is -2.35. The number of nitrogens with one attached hydrogen (secondary N) is 2. The van der Waals surface area contributed by atoms with E-state index in [1.807, 2.05) is 31.2 Å². The summed E-state index contributed by atoms with van der Waals surface area (Å²) < 4.78 is 28.2. The van der Waals surface area contributed by atoms with Crippen LogP contribution in [0.25, 0.3) is 22.8 Å². The molecule has 0 radical (unpaired) electrons. The molecule has 3 aromatic rings. The largest absolute Gasteiger partial charge is 0.379 e. The molecular formula is C25H32N6O2S. The number of hydrogen-bond donors (Lipinski definition) is 2. The Bertz CT molecular complexity index is 1320. The summed E-state index contributed by atoms with van der Waals surface area (Å²) in [7, 11) is -3.19. The Kier molecular flexibility index (Phi) is 6.77. The molecule has 2 N–H and O–H groups in total. The fraction of sp³-hybridized carbons (Fsp3) is 0.360. The number of nitrogens with zero attached hydrogens (tertiary/aromatic N) is 4. The highest BCUT2D eigenvalue weighted by atomic mass is 32.2. The molecule has 1 saturated heterocycles. The molecule has 34 heavy (non-hydrogen) atoms. The molecule has 1 aliphatic rings. The topological polar surface area (TPSA) is 95.4 Å². The third-order valence-electron chi connectivity index (χ3n) is 6.36. The molecular weight excluding hydrogens is 448 g/mol. The van der Waals surface area contributed by atoms with Crippen molar-refractivity contribution in [1.82, 2.24) is 24.2 Å². The number of aromatic nitrogens is 3. The maximum Gasteiger partial charge on any atom is 0.213 e. The second-order valence-electron chi connectivity index (χ2n) is 8.49. The summed E-state index contributed by atoms with van der Waals surface area (Å²) in [6, 6.07) is 12.4. The number of para-hydroxylation sites is 1. The summed E-state index contributed by atoms with van der Waals surface area (Å²) in [6.07, 6.45) is 2.70. The molecule has 1 atom stereocenters. The predicted molar refractivity (Wildman–Crippen MR) is 138 cm³/mol. The van der Waals surface area contributed by atoms with Gasteiger partial charge in [0, 0.05) is 41.8 Å². The predicted octanol–water partition coefficient (Wildman–Crippen LogP) is 4.19. The van der Waals surface area contributed by atoms with Crippen molar-refractivity contribution in [3.8, 4) is 17.1 Å². The Hall–Kier alpha value is -3.17. The SMILES string of the molecule is C=Nc1nc(-c2cc(C)n(-c3ccccc3)c2C)[nH]c1/C(=C\C)NC1CCN(S(=O)(=O)CC)C1. The average molecular weight is 481 g/mol. The Labute approximate surface area is 201 Å². The normalized spacial score (nSPS) is 17.3. The van der Waals surface area contributed by atoms with E-state index in [0.717, 1.165) is 46.3 Å². The van der Waals surface area contributed by atoms with Crippen LogP contribution in [0.3, 0.4) is 0 Å². The van der Waals surface area contributed by atoms with Crippen LogP contribution in [0.2, 0.25) is 0 Å². The second-order valence-corrected chi connectivity index (χ2v) is 10.7. The molecule has 180 valence electrons. The quantitative estimate of drug-likeness (QED) is 0.473. The van der Waals surface area contributed by atoms with Crippen LogP contribution in [0.15, 0.2) is 47.5 Å². The summed E-state index contributed by atoms with van der Waals surface area (Å²) in [6.45, 7) is 12.5. The number of aryl methyl sites for hydroxylation is 1. The third kappa shape index (κ3) is 4.45. The van der Waals surface area contributed by atoms with Crippen LogP contribution in [0.5, 0.6) is 0 Å². The lowest BCUT2D eigenvalue weighted by molar-refractivity contribution is 0.469. The lowest BCUT2D eigenvalue weighted by atomic mass is 10.2. The Morgan fingerprint density at radius 3 is 2.71 bits per heavy atom. The molecule has 1 aliphatic heterocycles. The number of aliphatic imine (C=N–C) groups is 1. The van der Waals surface area contributed by atoms with E-state index in [-0.39, 0.29) is 11.8 Å². The van der Waals surface area contributed by atoms with Gasteiger partial charge in [0.25, 0.3) is 0 Å². The summed E-state index contributed by atoms with van der Waals surface area (Å²) in [5.41, 5.74) is 5.85. The molecule has 1 aromatic carbocycles. The van der Waals surface area contributed by atoms with Crippen LogP contribution in [-0.2, 0) is 10.0 Å². The van der Waals surface area contributed by atoms with Crippen molar-refractivity contribution >= 4 is 28.3 Å². The van der Waals surface area contributed by atoms with E-state index in [4.69, 9.17) is 4.98 Å². The standard InChI is InChI=1S/C25H32N6O2S/c1-6-22(27-19-13-14-30(16-19)34(32,33)7-2)23-25(26-5)29-24(28-23)21-15-17(3)31(18(21)4)20-11-9-8-10-12-20/h6,8-12,15,19,27H,5,7,13-14,16H2,1-4H3,(H,28,29)/b22-6+. The summed E-state index contributed by atoms with van der Waals surface area (Å²) in [5.74, 6) is 1.35. The molecule has 9 heteroatoms. The zero-order chi connectivity index (χ0) is 24.5. The van der Waals surface area contributed by atoms with Crippen molar-refractivity contribution in [2.75, 3.05) is 18.8 Å². The third-order valence-corrected chi connectivity index (χ3v) is 8.21. The molecule has 0 amide bonds. The number of hydrogen-bond acceptors (Lipinski definition) is 5. The van der Waals surface area contributed by atoms with Gasteiger partial charge in [-0.25, -0.2) is 18.4 Å². The van der Waals surface area contributed by atoms with Crippen LogP contribution < -0.4 is 5.32 Å². The van der Waals surface area contributed by atoms with Crippen LogP contribution in [0, 0.1) is 13.8 Å². The Morgan fingerprint density at radius 1 is 1.32 bits per heavy atom. The molecule has 3 heterocycles. The van der Waals surface area contributed by atoms with Crippen molar-refractivity contribution in [2.24, 2.45) is 4.99 Å². The van der Waals surface area contributed by atoms with Gasteiger partial charge in [-0.3, -0.25) is 0 Å². The van der Waals surface area contributed by atoms with E-state index in [2.05, 4.69) is 58.6 Å². The minimum absolute atomic E-state index is 0.0140. The van der Waals surface area contributed by atoms with Crippen LogP contribution in [0.4, 0.5) is 5.82 Å². The van der Waals surface area contributed by atoms with E-state index >= 15 is 0 Å². The number of sulfonamides is 1. The minimum atomic E-state index is -3.19. The Morgan fingerprint density at radius 2 is 2.06 bits per heavy atom. The van der Waals surface area contributed by atoms with Crippen LogP contribution in [-0.4, -0.2) is 58.9 Å². The number of benzene rings is 1. The van der Waals surface area contributed by atoms with Gasteiger partial charge in [-0.15, -0.1) is 0 Å². The van der Waals surface area contributed by atoms with Gasteiger partial charge >= 0.3 is 0 Å². The first kappa shape index (κ1) is 24.0. The molecule has 1 unspecified atom stereocenters. The van der Waals surface area contributed by atoms with Gasteiger partial charge in [-0.05, 0) is 59.0 Å². The summed E-state index contributed by atoms with van der Waals surface area (Å²) in [4.78, 5) is 12.3. The van der Waals surface area contributed by atoms with Gasteiger partial charge < -0.3 is 14.9 Å². The van der Waals surface area contributed by atoms with Crippen LogP contribution in [0.1, 0.15) is 37.4 Å². The first-order valence-corrected chi connectivity index (χ1v) is 13.1. The van der Waals surface area contributed by atoms with E-state index < -0.39 is 10.0 Å². The van der Waals surface area contributed by atoms with Gasteiger partial charge in [0.1, 0.15) is 11.5 Å². The first-order valence-electron chi connectivity index (χ1n) is 11.5. The molecule has 0 aliphatic carbocycles. The van der Waals surface area contributed by atoms with Crippen molar-refractivity contribution in [3.63, 3.8) is 0 Å². The van der Waals surface area contributed by atoms with Gasteiger partial charge in [0.2, 0.25) is 10.0 Å². The number of imidazole rings is 1. The molecule has 8 nitrogen and oxygen atoms in total. The van der Waals surface area contributed by atoms with Gasteiger partial charge in [-0.1, -0.05) is 24.3 Å². The summed E-state index contributed by atoms with van der Waals surface area (Å²) in [5, 5.41) is 3.50. The van der Waals surface area contributed by atoms with E-state index in [1.54, 1.807) is 11.2 Å².